The second kappa shape index (κ2) is 5.68. The summed E-state index contributed by atoms with van der Waals surface area (Å²) in [4.78, 5) is 4.31. The average molecular weight is 275 g/mol. The van der Waals surface area contributed by atoms with Crippen LogP contribution in [-0.4, -0.2) is 30.4 Å². The Bertz CT molecular complexity index is 466. The van der Waals surface area contributed by atoms with Gasteiger partial charge in [-0.1, -0.05) is 18.1 Å². The van der Waals surface area contributed by atoms with Crippen LogP contribution >= 0.6 is 0 Å². The topological polar surface area (TPSA) is 40.6 Å². The van der Waals surface area contributed by atoms with E-state index in [0.717, 1.165) is 11.3 Å². The first kappa shape index (κ1) is 15.2. The molecule has 0 saturated carbocycles. The molecule has 0 N–H and O–H groups in total. The fraction of sp³-hybridized carbons (Fsp3) is 0.533. The standard InChI is InChI=1S/C15H22BNO3/c1-14(2)15(3,4)20-16(19-14)9-8-12-6-7-13(11-18-5)17-10-12/h6-10H,11H2,1-5H3/b9-8+. The maximum atomic E-state index is 5.90. The van der Waals surface area contributed by atoms with Crippen LogP contribution in [0.2, 0.25) is 0 Å². The third-order valence-electron chi connectivity index (χ3n) is 3.86. The number of methoxy groups -OCH3 is 1. The van der Waals surface area contributed by atoms with Gasteiger partial charge in [0.1, 0.15) is 0 Å². The minimum atomic E-state index is -0.321. The number of ether oxygens (including phenoxy) is 1. The molecule has 0 aromatic carbocycles. The molecule has 0 spiro atoms. The molecule has 0 atom stereocenters. The first-order valence-corrected chi connectivity index (χ1v) is 6.82. The van der Waals surface area contributed by atoms with Crippen LogP contribution in [0.5, 0.6) is 0 Å². The Labute approximate surface area is 121 Å². The first-order valence-electron chi connectivity index (χ1n) is 6.82. The van der Waals surface area contributed by atoms with Gasteiger partial charge in [-0.05, 0) is 39.3 Å². The van der Waals surface area contributed by atoms with Crippen LogP contribution in [0, 0.1) is 0 Å². The van der Waals surface area contributed by atoms with Gasteiger partial charge in [0.15, 0.2) is 0 Å². The molecule has 20 heavy (non-hydrogen) atoms. The summed E-state index contributed by atoms with van der Waals surface area (Å²) in [5.74, 6) is 1.92. The lowest BCUT2D eigenvalue weighted by Gasteiger charge is -2.32. The molecule has 1 aromatic rings. The molecular weight excluding hydrogens is 253 g/mol. The number of aromatic nitrogens is 1. The van der Waals surface area contributed by atoms with E-state index in [1.165, 1.54) is 0 Å². The van der Waals surface area contributed by atoms with Crippen LogP contribution in [-0.2, 0) is 20.7 Å². The number of pyridine rings is 1. The molecule has 5 heteroatoms. The molecular formula is C15H22BNO3. The predicted molar refractivity (Wildman–Crippen MR) is 80.1 cm³/mol. The molecule has 2 heterocycles. The number of nitrogens with zero attached hydrogens (tertiary/aromatic N) is 1. The van der Waals surface area contributed by atoms with Gasteiger partial charge >= 0.3 is 7.12 Å². The van der Waals surface area contributed by atoms with Crippen molar-refractivity contribution in [3.05, 3.63) is 35.6 Å². The Kier molecular flexibility index (Phi) is 4.32. The van der Waals surface area contributed by atoms with E-state index in [0.29, 0.717) is 6.61 Å². The maximum absolute atomic E-state index is 5.90. The molecule has 0 amide bonds. The third-order valence-corrected chi connectivity index (χ3v) is 3.86. The Hall–Kier alpha value is -1.17. The van der Waals surface area contributed by atoms with Crippen molar-refractivity contribution in [1.82, 2.24) is 4.98 Å². The van der Waals surface area contributed by atoms with Gasteiger partial charge in [-0.25, -0.2) is 0 Å². The van der Waals surface area contributed by atoms with E-state index in [4.69, 9.17) is 14.0 Å². The highest BCUT2D eigenvalue weighted by molar-refractivity contribution is 6.52. The van der Waals surface area contributed by atoms with Crippen molar-refractivity contribution < 1.29 is 14.0 Å². The molecule has 4 nitrogen and oxygen atoms in total. The Balaban J connectivity index is 2.00. The van der Waals surface area contributed by atoms with Crippen molar-refractivity contribution in [2.75, 3.05) is 7.11 Å². The first-order chi connectivity index (χ1) is 9.34. The molecule has 108 valence electrons. The number of hydrogen-bond acceptors (Lipinski definition) is 4. The van der Waals surface area contributed by atoms with Crippen molar-refractivity contribution >= 4 is 13.2 Å². The number of rotatable bonds is 4. The molecule has 0 unspecified atom stereocenters. The van der Waals surface area contributed by atoms with Crippen LogP contribution in [0.3, 0.4) is 0 Å². The summed E-state index contributed by atoms with van der Waals surface area (Å²) in [5, 5.41) is 0. The highest BCUT2D eigenvalue weighted by Crippen LogP contribution is 2.36. The molecule has 1 aromatic heterocycles. The SMILES string of the molecule is COCc1ccc(/C=C/B2OC(C)(C)C(C)(C)O2)cn1. The van der Waals surface area contributed by atoms with Crippen LogP contribution in [0.4, 0.5) is 0 Å². The fourth-order valence-electron chi connectivity index (χ4n) is 1.92. The maximum Gasteiger partial charge on any atom is 0.487 e. The molecule has 1 saturated heterocycles. The van der Waals surface area contributed by atoms with Gasteiger partial charge in [-0.2, -0.15) is 0 Å². The summed E-state index contributed by atoms with van der Waals surface area (Å²) in [6.07, 6.45) is 3.78. The van der Waals surface area contributed by atoms with Crippen LogP contribution < -0.4 is 0 Å². The normalized spacial score (nSPS) is 20.8. The Morgan fingerprint density at radius 1 is 1.20 bits per heavy atom. The average Bonchev–Trinajstić information content (AvgIpc) is 2.57. The summed E-state index contributed by atoms with van der Waals surface area (Å²) < 4.78 is 16.8. The quantitative estimate of drug-likeness (QED) is 0.792. The lowest BCUT2D eigenvalue weighted by molar-refractivity contribution is 0.00578. The molecule has 1 aliphatic heterocycles. The lowest BCUT2D eigenvalue weighted by Crippen LogP contribution is -2.41. The van der Waals surface area contributed by atoms with Crippen molar-refractivity contribution in [3.8, 4) is 0 Å². The summed E-state index contributed by atoms with van der Waals surface area (Å²) in [6.45, 7) is 8.70. The molecule has 1 fully saturated rings. The lowest BCUT2D eigenvalue weighted by atomic mass is 9.89. The third kappa shape index (κ3) is 3.29. The van der Waals surface area contributed by atoms with E-state index in [9.17, 15) is 0 Å². The van der Waals surface area contributed by atoms with Gasteiger partial charge in [-0.15, -0.1) is 0 Å². The zero-order valence-electron chi connectivity index (χ0n) is 12.8. The molecule has 0 bridgehead atoms. The van der Waals surface area contributed by atoms with Gasteiger partial charge in [0, 0.05) is 13.3 Å². The summed E-state index contributed by atoms with van der Waals surface area (Å²) >= 11 is 0. The van der Waals surface area contributed by atoms with E-state index < -0.39 is 0 Å². The Morgan fingerprint density at radius 3 is 2.35 bits per heavy atom. The monoisotopic (exact) mass is 275 g/mol. The van der Waals surface area contributed by atoms with E-state index in [1.807, 2.05) is 58.1 Å². The van der Waals surface area contributed by atoms with E-state index >= 15 is 0 Å². The number of hydrogen-bond donors (Lipinski definition) is 0. The van der Waals surface area contributed by atoms with E-state index in [-0.39, 0.29) is 18.3 Å². The van der Waals surface area contributed by atoms with Crippen LogP contribution in [0.1, 0.15) is 39.0 Å². The molecule has 2 rings (SSSR count). The van der Waals surface area contributed by atoms with Gasteiger partial charge in [0.25, 0.3) is 0 Å². The smallest absolute Gasteiger partial charge is 0.400 e. The van der Waals surface area contributed by atoms with Crippen LogP contribution in [0.15, 0.2) is 24.3 Å². The zero-order valence-corrected chi connectivity index (χ0v) is 12.8. The Morgan fingerprint density at radius 2 is 1.85 bits per heavy atom. The summed E-state index contributed by atoms with van der Waals surface area (Å²) in [6, 6.07) is 3.95. The summed E-state index contributed by atoms with van der Waals surface area (Å²) in [7, 11) is 1.34. The summed E-state index contributed by atoms with van der Waals surface area (Å²) in [5.41, 5.74) is 1.32. The van der Waals surface area contributed by atoms with Crippen molar-refractivity contribution in [2.24, 2.45) is 0 Å². The van der Waals surface area contributed by atoms with E-state index in [2.05, 4.69) is 4.98 Å². The molecule has 0 radical (unpaired) electrons. The van der Waals surface area contributed by atoms with Crippen molar-refractivity contribution in [2.45, 2.75) is 45.5 Å². The largest absolute Gasteiger partial charge is 0.487 e. The second-order valence-corrected chi connectivity index (χ2v) is 6.00. The zero-order chi connectivity index (χ0) is 14.8. The highest BCUT2D eigenvalue weighted by Gasteiger charge is 2.49. The highest BCUT2D eigenvalue weighted by atomic mass is 16.7. The van der Waals surface area contributed by atoms with Crippen molar-refractivity contribution in [3.63, 3.8) is 0 Å². The molecule has 1 aliphatic rings. The van der Waals surface area contributed by atoms with Gasteiger partial charge in [0.2, 0.25) is 0 Å². The van der Waals surface area contributed by atoms with E-state index in [1.54, 1.807) is 7.11 Å². The minimum Gasteiger partial charge on any atom is -0.400 e. The van der Waals surface area contributed by atoms with Crippen molar-refractivity contribution in [1.29, 1.82) is 0 Å². The van der Waals surface area contributed by atoms with Gasteiger partial charge < -0.3 is 14.0 Å². The second-order valence-electron chi connectivity index (χ2n) is 6.00. The fourth-order valence-corrected chi connectivity index (χ4v) is 1.92. The van der Waals surface area contributed by atoms with Crippen LogP contribution in [0.25, 0.3) is 6.08 Å². The minimum absolute atomic E-state index is 0.303. The molecule has 0 aliphatic carbocycles. The van der Waals surface area contributed by atoms with Gasteiger partial charge in [-0.3, -0.25) is 4.98 Å². The van der Waals surface area contributed by atoms with Gasteiger partial charge in [0.05, 0.1) is 23.5 Å². The predicted octanol–water partition coefficient (Wildman–Crippen LogP) is 2.87.